The van der Waals surface area contributed by atoms with Crippen molar-refractivity contribution in [3.63, 3.8) is 0 Å². The lowest BCUT2D eigenvalue weighted by atomic mass is 10.2. The highest BCUT2D eigenvalue weighted by atomic mass is 32.1. The Morgan fingerprint density at radius 1 is 1.19 bits per heavy atom. The molecule has 0 aliphatic carbocycles. The van der Waals surface area contributed by atoms with Gasteiger partial charge in [-0.25, -0.2) is 4.98 Å². The Hall–Kier alpha value is -3.26. The number of nitrogens with two attached hydrogens (primary N) is 1. The molecule has 0 saturated heterocycles. The van der Waals surface area contributed by atoms with E-state index in [1.54, 1.807) is 30.3 Å². The zero-order valence-electron chi connectivity index (χ0n) is 13.6. The van der Waals surface area contributed by atoms with Crippen molar-refractivity contribution in [2.75, 3.05) is 24.5 Å². The molecule has 1 amide bonds. The van der Waals surface area contributed by atoms with Crippen molar-refractivity contribution in [3.8, 4) is 28.5 Å². The molecule has 132 valence electrons. The standard InChI is InChI=1S/C18H15N3O4S/c19-18-21-14(9-26-18)11-1-4-13(5-2-11)23-8-17(22)20-12-3-6-15-16(7-12)25-10-24-15/h1-7,9H,8,10H2,(H2,19,21)(H,20,22). The summed E-state index contributed by atoms with van der Waals surface area (Å²) in [6.45, 7) is 0.0940. The first kappa shape index (κ1) is 16.2. The number of amides is 1. The van der Waals surface area contributed by atoms with Crippen LogP contribution in [0.3, 0.4) is 0 Å². The Morgan fingerprint density at radius 3 is 2.77 bits per heavy atom. The number of rotatable bonds is 5. The zero-order chi connectivity index (χ0) is 17.9. The maximum Gasteiger partial charge on any atom is 0.262 e. The Balaban J connectivity index is 1.33. The van der Waals surface area contributed by atoms with Gasteiger partial charge in [0.1, 0.15) is 5.75 Å². The van der Waals surface area contributed by atoms with Gasteiger partial charge in [0, 0.05) is 22.7 Å². The highest BCUT2D eigenvalue weighted by Gasteiger charge is 2.14. The molecule has 2 aromatic carbocycles. The number of hydrogen-bond acceptors (Lipinski definition) is 7. The van der Waals surface area contributed by atoms with Crippen LogP contribution in [-0.2, 0) is 4.79 Å². The molecule has 26 heavy (non-hydrogen) atoms. The third-order valence-corrected chi connectivity index (χ3v) is 4.37. The SMILES string of the molecule is Nc1nc(-c2ccc(OCC(=O)Nc3ccc4c(c3)OCO4)cc2)cs1. The Labute approximate surface area is 153 Å². The quantitative estimate of drug-likeness (QED) is 0.717. The summed E-state index contributed by atoms with van der Waals surface area (Å²) in [6, 6.07) is 12.5. The molecule has 1 aliphatic rings. The van der Waals surface area contributed by atoms with Gasteiger partial charge in [0.15, 0.2) is 23.2 Å². The second kappa shape index (κ2) is 6.93. The Morgan fingerprint density at radius 2 is 2.00 bits per heavy atom. The first-order valence-corrected chi connectivity index (χ1v) is 8.69. The fourth-order valence-corrected chi connectivity index (χ4v) is 3.03. The summed E-state index contributed by atoms with van der Waals surface area (Å²) in [4.78, 5) is 16.3. The smallest absolute Gasteiger partial charge is 0.262 e. The van der Waals surface area contributed by atoms with Gasteiger partial charge in [0.2, 0.25) is 6.79 Å². The molecule has 1 aromatic heterocycles. The molecule has 7 nitrogen and oxygen atoms in total. The largest absolute Gasteiger partial charge is 0.484 e. The molecule has 0 unspecified atom stereocenters. The molecule has 0 atom stereocenters. The van der Waals surface area contributed by atoms with Crippen LogP contribution in [0.2, 0.25) is 0 Å². The summed E-state index contributed by atoms with van der Waals surface area (Å²) in [7, 11) is 0. The molecule has 0 radical (unpaired) electrons. The van der Waals surface area contributed by atoms with Crippen LogP contribution in [0.5, 0.6) is 17.2 Å². The molecule has 0 saturated carbocycles. The van der Waals surface area contributed by atoms with Gasteiger partial charge in [0.05, 0.1) is 5.69 Å². The van der Waals surface area contributed by atoms with E-state index < -0.39 is 0 Å². The maximum absolute atomic E-state index is 12.0. The molecule has 0 spiro atoms. The summed E-state index contributed by atoms with van der Waals surface area (Å²) in [6.07, 6.45) is 0. The number of nitrogen functional groups attached to an aromatic ring is 1. The van der Waals surface area contributed by atoms with E-state index in [-0.39, 0.29) is 19.3 Å². The van der Waals surface area contributed by atoms with E-state index in [2.05, 4.69) is 10.3 Å². The highest BCUT2D eigenvalue weighted by Crippen LogP contribution is 2.34. The molecule has 2 heterocycles. The fraction of sp³-hybridized carbons (Fsp3) is 0.111. The number of ether oxygens (including phenoxy) is 3. The van der Waals surface area contributed by atoms with Gasteiger partial charge in [-0.1, -0.05) is 0 Å². The van der Waals surface area contributed by atoms with E-state index in [4.69, 9.17) is 19.9 Å². The van der Waals surface area contributed by atoms with Gasteiger partial charge in [-0.2, -0.15) is 0 Å². The van der Waals surface area contributed by atoms with Crippen LogP contribution in [0.25, 0.3) is 11.3 Å². The first-order valence-electron chi connectivity index (χ1n) is 7.81. The second-order valence-corrected chi connectivity index (χ2v) is 6.39. The number of thiazole rings is 1. The molecule has 3 N–H and O–H groups in total. The van der Waals surface area contributed by atoms with E-state index in [1.165, 1.54) is 11.3 Å². The summed E-state index contributed by atoms with van der Waals surface area (Å²) in [5.41, 5.74) is 8.03. The number of nitrogens with zero attached hydrogens (tertiary/aromatic N) is 1. The minimum atomic E-state index is -0.264. The van der Waals surface area contributed by atoms with Gasteiger partial charge in [-0.05, 0) is 36.4 Å². The molecule has 4 rings (SSSR count). The predicted molar refractivity (Wildman–Crippen MR) is 98.7 cm³/mol. The third-order valence-electron chi connectivity index (χ3n) is 3.70. The van der Waals surface area contributed by atoms with Crippen LogP contribution in [0, 0.1) is 0 Å². The molecular formula is C18H15N3O4S. The number of benzene rings is 2. The van der Waals surface area contributed by atoms with Crippen molar-refractivity contribution >= 4 is 28.1 Å². The number of aromatic nitrogens is 1. The van der Waals surface area contributed by atoms with E-state index in [0.717, 1.165) is 11.3 Å². The monoisotopic (exact) mass is 369 g/mol. The van der Waals surface area contributed by atoms with Crippen LogP contribution in [-0.4, -0.2) is 24.3 Å². The summed E-state index contributed by atoms with van der Waals surface area (Å²) in [5.74, 6) is 1.61. The highest BCUT2D eigenvalue weighted by molar-refractivity contribution is 7.13. The van der Waals surface area contributed by atoms with Crippen molar-refractivity contribution in [2.24, 2.45) is 0 Å². The minimum absolute atomic E-state index is 0.0998. The van der Waals surface area contributed by atoms with E-state index in [9.17, 15) is 4.79 Å². The normalized spacial score (nSPS) is 12.0. The second-order valence-electron chi connectivity index (χ2n) is 5.50. The minimum Gasteiger partial charge on any atom is -0.484 e. The van der Waals surface area contributed by atoms with Gasteiger partial charge in [0.25, 0.3) is 5.91 Å². The summed E-state index contributed by atoms with van der Waals surface area (Å²) < 4.78 is 16.0. The number of hydrogen-bond donors (Lipinski definition) is 2. The Kier molecular flexibility index (Phi) is 4.32. The fourth-order valence-electron chi connectivity index (χ4n) is 2.46. The van der Waals surface area contributed by atoms with Crippen LogP contribution in [0.15, 0.2) is 47.8 Å². The Bertz CT molecular complexity index is 940. The van der Waals surface area contributed by atoms with E-state index in [1.807, 2.05) is 17.5 Å². The van der Waals surface area contributed by atoms with E-state index in [0.29, 0.717) is 28.1 Å². The van der Waals surface area contributed by atoms with Gasteiger partial charge < -0.3 is 25.3 Å². The van der Waals surface area contributed by atoms with Crippen molar-refractivity contribution in [1.29, 1.82) is 0 Å². The number of carbonyl (C=O) groups is 1. The third kappa shape index (κ3) is 3.55. The van der Waals surface area contributed by atoms with Crippen LogP contribution in [0.4, 0.5) is 10.8 Å². The molecule has 0 bridgehead atoms. The molecule has 8 heteroatoms. The average molecular weight is 369 g/mol. The number of nitrogens with one attached hydrogen (secondary N) is 1. The van der Waals surface area contributed by atoms with Crippen molar-refractivity contribution < 1.29 is 19.0 Å². The van der Waals surface area contributed by atoms with Crippen molar-refractivity contribution in [2.45, 2.75) is 0 Å². The average Bonchev–Trinajstić information content (AvgIpc) is 3.29. The molecule has 1 aliphatic heterocycles. The number of anilines is 2. The van der Waals surface area contributed by atoms with Gasteiger partial charge >= 0.3 is 0 Å². The topological polar surface area (TPSA) is 95.7 Å². The van der Waals surface area contributed by atoms with Gasteiger partial charge in [-0.15, -0.1) is 11.3 Å². The lowest BCUT2D eigenvalue weighted by molar-refractivity contribution is -0.118. The van der Waals surface area contributed by atoms with E-state index >= 15 is 0 Å². The molecule has 3 aromatic rings. The predicted octanol–water partition coefficient (Wildman–Crippen LogP) is 3.14. The van der Waals surface area contributed by atoms with Crippen LogP contribution < -0.4 is 25.3 Å². The van der Waals surface area contributed by atoms with Crippen molar-refractivity contribution in [3.05, 3.63) is 47.8 Å². The molecule has 0 fully saturated rings. The van der Waals surface area contributed by atoms with Gasteiger partial charge in [-0.3, -0.25) is 4.79 Å². The summed E-state index contributed by atoms with van der Waals surface area (Å²) >= 11 is 1.39. The summed E-state index contributed by atoms with van der Waals surface area (Å²) in [5, 5.41) is 5.18. The lowest BCUT2D eigenvalue weighted by Gasteiger charge is -2.08. The molecular weight excluding hydrogens is 354 g/mol. The number of carbonyl (C=O) groups excluding carboxylic acids is 1. The maximum atomic E-state index is 12.0. The van der Waals surface area contributed by atoms with Crippen LogP contribution in [0.1, 0.15) is 0 Å². The van der Waals surface area contributed by atoms with Crippen molar-refractivity contribution in [1.82, 2.24) is 4.98 Å². The first-order chi connectivity index (χ1) is 12.7. The lowest BCUT2D eigenvalue weighted by Crippen LogP contribution is -2.20. The number of fused-ring (bicyclic) bond motifs is 1. The van der Waals surface area contributed by atoms with Crippen LogP contribution >= 0.6 is 11.3 Å². The zero-order valence-corrected chi connectivity index (χ0v) is 14.4.